The molecular formula is C15H12BrF2N. The predicted molar refractivity (Wildman–Crippen MR) is 75.3 cm³/mol. The molecule has 0 radical (unpaired) electrons. The molecule has 2 aromatic carbocycles. The SMILES string of the molecule is Fc1ccc2c(c1)N(Cc1cccc(F)c1Br)CC2. The molecule has 0 N–H and O–H groups in total. The molecular weight excluding hydrogens is 312 g/mol. The standard InChI is InChI=1S/C15H12BrF2N/c16-15-11(2-1-3-13(15)18)9-19-7-6-10-4-5-12(17)8-14(10)19/h1-5,8H,6-7,9H2. The van der Waals surface area contributed by atoms with Gasteiger partial charge in [-0.25, -0.2) is 8.78 Å². The van der Waals surface area contributed by atoms with E-state index in [4.69, 9.17) is 0 Å². The van der Waals surface area contributed by atoms with Crippen LogP contribution in [-0.4, -0.2) is 6.54 Å². The molecule has 98 valence electrons. The van der Waals surface area contributed by atoms with Crippen LogP contribution in [0.15, 0.2) is 40.9 Å². The minimum Gasteiger partial charge on any atom is -0.367 e. The lowest BCUT2D eigenvalue weighted by Crippen LogP contribution is -2.20. The Morgan fingerprint density at radius 2 is 2.00 bits per heavy atom. The maximum atomic E-state index is 13.5. The second-order valence-corrected chi connectivity index (χ2v) is 5.45. The van der Waals surface area contributed by atoms with Gasteiger partial charge in [-0.3, -0.25) is 0 Å². The summed E-state index contributed by atoms with van der Waals surface area (Å²) in [5.74, 6) is -0.500. The largest absolute Gasteiger partial charge is 0.367 e. The van der Waals surface area contributed by atoms with E-state index in [-0.39, 0.29) is 11.6 Å². The number of benzene rings is 2. The normalized spacial score (nSPS) is 13.7. The molecule has 0 saturated heterocycles. The van der Waals surface area contributed by atoms with Gasteiger partial charge in [-0.1, -0.05) is 18.2 Å². The fourth-order valence-electron chi connectivity index (χ4n) is 2.46. The van der Waals surface area contributed by atoms with Crippen LogP contribution in [0.1, 0.15) is 11.1 Å². The molecule has 1 aliphatic rings. The van der Waals surface area contributed by atoms with Crippen LogP contribution in [0.5, 0.6) is 0 Å². The molecule has 0 fully saturated rings. The molecule has 0 aromatic heterocycles. The number of hydrogen-bond donors (Lipinski definition) is 0. The van der Waals surface area contributed by atoms with Crippen molar-refractivity contribution in [3.8, 4) is 0 Å². The third-order valence-corrected chi connectivity index (χ3v) is 4.32. The van der Waals surface area contributed by atoms with Crippen LogP contribution in [0, 0.1) is 11.6 Å². The van der Waals surface area contributed by atoms with Gasteiger partial charge < -0.3 is 4.90 Å². The van der Waals surface area contributed by atoms with Gasteiger partial charge >= 0.3 is 0 Å². The number of fused-ring (bicyclic) bond motifs is 1. The van der Waals surface area contributed by atoms with Gasteiger partial charge in [-0.15, -0.1) is 0 Å². The van der Waals surface area contributed by atoms with Crippen LogP contribution in [0.3, 0.4) is 0 Å². The van der Waals surface area contributed by atoms with E-state index < -0.39 is 0 Å². The van der Waals surface area contributed by atoms with E-state index >= 15 is 0 Å². The van der Waals surface area contributed by atoms with Crippen LogP contribution in [0.25, 0.3) is 0 Å². The first-order valence-corrected chi connectivity index (χ1v) is 6.91. The molecule has 0 amide bonds. The average Bonchev–Trinajstić information content (AvgIpc) is 2.78. The molecule has 2 aromatic rings. The number of nitrogens with zero attached hydrogens (tertiary/aromatic N) is 1. The maximum absolute atomic E-state index is 13.5. The number of hydrogen-bond acceptors (Lipinski definition) is 1. The highest BCUT2D eigenvalue weighted by molar-refractivity contribution is 9.10. The van der Waals surface area contributed by atoms with Crippen molar-refractivity contribution in [3.05, 3.63) is 63.6 Å². The highest BCUT2D eigenvalue weighted by Crippen LogP contribution is 2.31. The van der Waals surface area contributed by atoms with Crippen LogP contribution >= 0.6 is 15.9 Å². The Kier molecular flexibility index (Phi) is 3.27. The van der Waals surface area contributed by atoms with E-state index in [0.717, 1.165) is 29.8 Å². The Morgan fingerprint density at radius 1 is 1.16 bits per heavy atom. The summed E-state index contributed by atoms with van der Waals surface area (Å²) in [5.41, 5.74) is 2.93. The van der Waals surface area contributed by atoms with Gasteiger partial charge in [0.2, 0.25) is 0 Å². The molecule has 1 nitrogen and oxygen atoms in total. The van der Waals surface area contributed by atoms with Crippen molar-refractivity contribution in [2.45, 2.75) is 13.0 Å². The molecule has 0 unspecified atom stereocenters. The van der Waals surface area contributed by atoms with Gasteiger partial charge in [0.1, 0.15) is 11.6 Å². The first kappa shape index (κ1) is 12.6. The van der Waals surface area contributed by atoms with Crippen molar-refractivity contribution >= 4 is 21.6 Å². The lowest BCUT2D eigenvalue weighted by Gasteiger charge is -2.20. The van der Waals surface area contributed by atoms with E-state index in [0.29, 0.717) is 11.0 Å². The summed E-state index contributed by atoms with van der Waals surface area (Å²) < 4.78 is 27.3. The van der Waals surface area contributed by atoms with Crippen molar-refractivity contribution in [1.29, 1.82) is 0 Å². The topological polar surface area (TPSA) is 3.24 Å². The molecule has 0 saturated carbocycles. The van der Waals surface area contributed by atoms with Gasteiger partial charge in [0.05, 0.1) is 4.47 Å². The molecule has 19 heavy (non-hydrogen) atoms. The van der Waals surface area contributed by atoms with Gasteiger partial charge in [0.15, 0.2) is 0 Å². The molecule has 0 spiro atoms. The quantitative estimate of drug-likeness (QED) is 0.796. The Balaban J connectivity index is 1.90. The Morgan fingerprint density at radius 3 is 2.84 bits per heavy atom. The van der Waals surface area contributed by atoms with Crippen LogP contribution < -0.4 is 4.90 Å². The molecule has 0 atom stereocenters. The van der Waals surface area contributed by atoms with Gasteiger partial charge in [-0.2, -0.15) is 0 Å². The summed E-state index contributed by atoms with van der Waals surface area (Å²) >= 11 is 3.27. The Hall–Kier alpha value is -1.42. The summed E-state index contributed by atoms with van der Waals surface area (Å²) in [6.07, 6.45) is 0.905. The zero-order valence-corrected chi connectivity index (χ0v) is 11.8. The fraction of sp³-hybridized carbons (Fsp3) is 0.200. The monoisotopic (exact) mass is 323 g/mol. The third kappa shape index (κ3) is 2.37. The molecule has 3 rings (SSSR count). The number of halogens is 3. The maximum Gasteiger partial charge on any atom is 0.137 e. The summed E-state index contributed by atoms with van der Waals surface area (Å²) in [6.45, 7) is 1.41. The van der Waals surface area contributed by atoms with Crippen LogP contribution in [-0.2, 0) is 13.0 Å². The summed E-state index contributed by atoms with van der Waals surface area (Å²) in [6, 6.07) is 9.86. The number of rotatable bonds is 2. The van der Waals surface area contributed by atoms with Crippen molar-refractivity contribution in [2.24, 2.45) is 0 Å². The first-order chi connectivity index (χ1) is 9.15. The molecule has 1 aliphatic heterocycles. The second kappa shape index (κ2) is 4.93. The molecule has 0 aliphatic carbocycles. The number of anilines is 1. The minimum absolute atomic E-state index is 0.232. The van der Waals surface area contributed by atoms with Gasteiger partial charge in [0, 0.05) is 18.8 Å². The Bertz CT molecular complexity index is 628. The molecule has 1 heterocycles. The summed E-state index contributed by atoms with van der Waals surface area (Å²) in [7, 11) is 0. The minimum atomic E-state index is -0.267. The zero-order valence-electron chi connectivity index (χ0n) is 10.2. The van der Waals surface area contributed by atoms with E-state index in [1.807, 2.05) is 12.1 Å². The summed E-state index contributed by atoms with van der Waals surface area (Å²) in [4.78, 5) is 2.08. The second-order valence-electron chi connectivity index (χ2n) is 4.66. The summed E-state index contributed by atoms with van der Waals surface area (Å²) in [5, 5.41) is 0. The van der Waals surface area contributed by atoms with Crippen LogP contribution in [0.4, 0.5) is 14.5 Å². The predicted octanol–water partition coefficient (Wildman–Crippen LogP) is 4.29. The van der Waals surface area contributed by atoms with Crippen molar-refractivity contribution in [1.82, 2.24) is 0 Å². The van der Waals surface area contributed by atoms with Gasteiger partial charge in [-0.05, 0) is 51.7 Å². The lowest BCUT2D eigenvalue weighted by molar-refractivity contribution is 0.616. The van der Waals surface area contributed by atoms with Crippen LogP contribution in [0.2, 0.25) is 0 Å². The molecule has 4 heteroatoms. The smallest absolute Gasteiger partial charge is 0.137 e. The van der Waals surface area contributed by atoms with E-state index in [9.17, 15) is 8.78 Å². The first-order valence-electron chi connectivity index (χ1n) is 6.11. The molecule has 0 bridgehead atoms. The van der Waals surface area contributed by atoms with E-state index in [1.54, 1.807) is 12.1 Å². The van der Waals surface area contributed by atoms with E-state index in [2.05, 4.69) is 20.8 Å². The van der Waals surface area contributed by atoms with Crippen molar-refractivity contribution in [2.75, 3.05) is 11.4 Å². The Labute approximate surface area is 119 Å². The fourth-order valence-corrected chi connectivity index (χ4v) is 2.85. The van der Waals surface area contributed by atoms with Crippen molar-refractivity contribution < 1.29 is 8.78 Å². The van der Waals surface area contributed by atoms with E-state index in [1.165, 1.54) is 12.1 Å². The highest BCUT2D eigenvalue weighted by atomic mass is 79.9. The lowest BCUT2D eigenvalue weighted by atomic mass is 10.1. The third-order valence-electron chi connectivity index (χ3n) is 3.43. The van der Waals surface area contributed by atoms with Gasteiger partial charge in [0.25, 0.3) is 0 Å². The van der Waals surface area contributed by atoms with Crippen molar-refractivity contribution in [3.63, 3.8) is 0 Å². The zero-order chi connectivity index (χ0) is 13.4. The average molecular weight is 324 g/mol. The highest BCUT2D eigenvalue weighted by Gasteiger charge is 2.20.